The quantitative estimate of drug-likeness (QED) is 0.174. The molecule has 0 radical (unpaired) electrons. The van der Waals surface area contributed by atoms with Crippen molar-refractivity contribution in [2.45, 2.75) is 56.1 Å². The second-order valence-corrected chi connectivity index (χ2v) is 8.27. The Balaban J connectivity index is 2.98. The molecule has 0 aliphatic carbocycles. The summed E-state index contributed by atoms with van der Waals surface area (Å²) < 4.78 is 100. The van der Waals surface area contributed by atoms with Gasteiger partial charge in [0.25, 0.3) is 5.60 Å². The van der Waals surface area contributed by atoms with Crippen molar-refractivity contribution < 1.29 is 40.6 Å². The maximum absolute atomic E-state index is 14.3. The van der Waals surface area contributed by atoms with Gasteiger partial charge in [0.05, 0.1) is 0 Å². The molecule has 3 nitrogen and oxygen atoms in total. The number of halogens is 7. The van der Waals surface area contributed by atoms with Gasteiger partial charge in [-0.1, -0.05) is 62.7 Å². The van der Waals surface area contributed by atoms with Crippen molar-refractivity contribution in [3.63, 3.8) is 0 Å². The number of ether oxygens (including phenoxy) is 3. The molecule has 0 amide bonds. The molecule has 0 N–H and O–H groups in total. The molecule has 0 aliphatic heterocycles. The lowest BCUT2D eigenvalue weighted by Gasteiger charge is -2.38. The lowest BCUT2D eigenvalue weighted by atomic mass is 9.85. The number of benzene rings is 2. The summed E-state index contributed by atoms with van der Waals surface area (Å²) in [6.07, 6.45) is -10.8. The summed E-state index contributed by atoms with van der Waals surface area (Å²) in [6, 6.07) is 10.7. The topological polar surface area (TPSA) is 27.7 Å². The molecule has 0 saturated heterocycles. The van der Waals surface area contributed by atoms with Gasteiger partial charge in [-0.3, -0.25) is 0 Å². The zero-order valence-corrected chi connectivity index (χ0v) is 19.9. The van der Waals surface area contributed by atoms with Crippen LogP contribution in [0.5, 0.6) is 5.75 Å². The molecule has 1 unspecified atom stereocenters. The highest BCUT2D eigenvalue weighted by Gasteiger charge is 2.74. The van der Waals surface area contributed by atoms with E-state index in [9.17, 15) is 26.3 Å². The zero-order valence-electron chi connectivity index (χ0n) is 18.3. The van der Waals surface area contributed by atoms with Gasteiger partial charge in [-0.2, -0.15) is 26.3 Å². The molecule has 0 aromatic heterocycles. The first-order valence-corrected chi connectivity index (χ1v) is 11.1. The van der Waals surface area contributed by atoms with E-state index in [1.165, 1.54) is 6.07 Å². The maximum Gasteiger partial charge on any atom is 0.431 e. The molecule has 0 bridgehead atoms. The molecule has 0 saturated carbocycles. The van der Waals surface area contributed by atoms with Crippen LogP contribution in [0.1, 0.15) is 37.8 Å². The number of methoxy groups -OCH3 is 1. The van der Waals surface area contributed by atoms with Crippen LogP contribution in [-0.4, -0.2) is 31.3 Å². The minimum absolute atomic E-state index is 0.187. The predicted octanol–water partition coefficient (Wildman–Crippen LogP) is 7.76. The maximum atomic E-state index is 14.3. The van der Waals surface area contributed by atoms with Crippen LogP contribution in [0.2, 0.25) is 0 Å². The van der Waals surface area contributed by atoms with Gasteiger partial charge < -0.3 is 14.2 Å². The van der Waals surface area contributed by atoms with Crippen molar-refractivity contribution in [3.05, 3.63) is 53.6 Å². The van der Waals surface area contributed by atoms with Crippen LogP contribution in [0.4, 0.5) is 26.3 Å². The molecule has 2 rings (SSSR count). The molecule has 2 aromatic rings. The lowest BCUT2D eigenvalue weighted by Crippen LogP contribution is -2.56. The normalized spacial score (nSPS) is 13.8. The Kier molecular flexibility index (Phi) is 9.24. The minimum atomic E-state index is -5.85. The first-order valence-electron chi connectivity index (χ1n) is 10.2. The molecular formula is C23H25BrF6O3. The van der Waals surface area contributed by atoms with Crippen LogP contribution >= 0.6 is 15.9 Å². The third kappa shape index (κ3) is 5.66. The number of rotatable bonds is 10. The van der Waals surface area contributed by atoms with E-state index in [1.54, 1.807) is 44.2 Å². The second-order valence-electron chi connectivity index (χ2n) is 7.25. The Hall–Kier alpha value is -1.78. The van der Waals surface area contributed by atoms with Gasteiger partial charge in [-0.15, -0.1) is 0 Å². The lowest BCUT2D eigenvalue weighted by molar-refractivity contribution is -0.400. The first-order chi connectivity index (χ1) is 15.4. The molecule has 0 heterocycles. The molecule has 2 aromatic carbocycles. The summed E-state index contributed by atoms with van der Waals surface area (Å²) in [7, 11) is 0.946. The summed E-state index contributed by atoms with van der Waals surface area (Å²) in [4.78, 5) is 0. The van der Waals surface area contributed by atoms with Crippen molar-refractivity contribution in [1.82, 2.24) is 0 Å². The molecule has 0 fully saturated rings. The Morgan fingerprint density at radius 3 is 2.00 bits per heavy atom. The van der Waals surface area contributed by atoms with E-state index in [0.29, 0.717) is 24.0 Å². The van der Waals surface area contributed by atoms with Crippen LogP contribution < -0.4 is 4.74 Å². The average Bonchev–Trinajstić information content (AvgIpc) is 2.74. The van der Waals surface area contributed by atoms with Gasteiger partial charge >= 0.3 is 12.4 Å². The number of alkyl halides is 7. The van der Waals surface area contributed by atoms with Crippen molar-refractivity contribution in [1.29, 1.82) is 0 Å². The third-order valence-electron chi connectivity index (χ3n) is 4.98. The van der Waals surface area contributed by atoms with Gasteiger partial charge in [0.1, 0.15) is 12.5 Å². The van der Waals surface area contributed by atoms with Gasteiger partial charge in [-0.25, -0.2) is 0 Å². The summed E-state index contributed by atoms with van der Waals surface area (Å²) in [5.41, 5.74) is -4.46. The zero-order chi connectivity index (χ0) is 24.9. The largest absolute Gasteiger partial charge is 0.479 e. The molecule has 33 heavy (non-hydrogen) atoms. The van der Waals surface area contributed by atoms with Crippen molar-refractivity contribution in [2.75, 3.05) is 13.9 Å². The van der Waals surface area contributed by atoms with E-state index in [4.69, 9.17) is 4.74 Å². The van der Waals surface area contributed by atoms with E-state index in [-0.39, 0.29) is 12.0 Å². The molecule has 10 heteroatoms. The number of hydrogen-bond donors (Lipinski definition) is 0. The van der Waals surface area contributed by atoms with E-state index in [2.05, 4.69) is 25.4 Å². The van der Waals surface area contributed by atoms with Crippen LogP contribution in [0.25, 0.3) is 11.1 Å². The van der Waals surface area contributed by atoms with E-state index in [0.717, 1.165) is 13.2 Å². The van der Waals surface area contributed by atoms with Crippen LogP contribution in [0, 0.1) is 0 Å². The Labute approximate surface area is 197 Å². The van der Waals surface area contributed by atoms with Crippen molar-refractivity contribution >= 4 is 15.9 Å². The summed E-state index contributed by atoms with van der Waals surface area (Å²) in [6.45, 7) is 2.23. The van der Waals surface area contributed by atoms with Crippen LogP contribution in [0.15, 0.2) is 42.5 Å². The Bertz CT molecular complexity index is 886. The predicted molar refractivity (Wildman–Crippen MR) is 116 cm³/mol. The van der Waals surface area contributed by atoms with Gasteiger partial charge in [0.15, 0.2) is 5.01 Å². The van der Waals surface area contributed by atoms with Gasteiger partial charge in [-0.05, 0) is 39.9 Å². The van der Waals surface area contributed by atoms with Gasteiger partial charge in [0, 0.05) is 18.2 Å². The van der Waals surface area contributed by atoms with Crippen molar-refractivity contribution in [2.24, 2.45) is 0 Å². The van der Waals surface area contributed by atoms with E-state index >= 15 is 0 Å². The highest BCUT2D eigenvalue weighted by Crippen LogP contribution is 2.56. The molecule has 0 aliphatic rings. The Morgan fingerprint density at radius 1 is 0.909 bits per heavy atom. The summed E-state index contributed by atoms with van der Waals surface area (Å²) in [5.74, 6) is -0.507. The van der Waals surface area contributed by atoms with Crippen molar-refractivity contribution in [3.8, 4) is 16.9 Å². The Morgan fingerprint density at radius 2 is 1.52 bits per heavy atom. The van der Waals surface area contributed by atoms with E-state index < -0.39 is 41.1 Å². The fourth-order valence-corrected chi connectivity index (χ4v) is 3.68. The summed E-state index contributed by atoms with van der Waals surface area (Å²) in [5, 5.41) is -0.820. The molecular weight excluding hydrogens is 518 g/mol. The average molecular weight is 543 g/mol. The molecule has 184 valence electrons. The standard InChI is InChI=1S/C23H25BrF6O3/c1-4-9-17-16(15-10-7-6-8-11-15)12-13-18(20(17)33-19(24)5-2)21(22(25,26)27,23(28,29)30)32-14-31-3/h6-8,10-13,19H,4-5,9,14H2,1-3H3. The van der Waals surface area contributed by atoms with E-state index in [1.807, 2.05) is 0 Å². The first kappa shape index (κ1) is 27.5. The minimum Gasteiger partial charge on any atom is -0.479 e. The fraction of sp³-hybridized carbons (Fsp3) is 0.478. The highest BCUT2D eigenvalue weighted by molar-refractivity contribution is 9.09. The number of hydrogen-bond acceptors (Lipinski definition) is 3. The second kappa shape index (κ2) is 11.1. The molecule has 0 spiro atoms. The van der Waals surface area contributed by atoms with Gasteiger partial charge in [0.2, 0.25) is 0 Å². The van der Waals surface area contributed by atoms with Crippen LogP contribution in [-0.2, 0) is 21.5 Å². The third-order valence-corrected chi connectivity index (χ3v) is 5.82. The smallest absolute Gasteiger partial charge is 0.431 e. The fourth-order valence-electron chi connectivity index (χ4n) is 3.49. The monoisotopic (exact) mass is 542 g/mol. The highest BCUT2D eigenvalue weighted by atomic mass is 79.9. The van der Waals surface area contributed by atoms with Crippen LogP contribution in [0.3, 0.4) is 0 Å². The molecule has 1 atom stereocenters. The summed E-state index contributed by atoms with van der Waals surface area (Å²) >= 11 is 3.18. The SMILES string of the molecule is CCCc1c(-c2ccccc2)ccc(C(OCOC)(C(F)(F)F)C(F)(F)F)c1OC(Br)CC.